The summed E-state index contributed by atoms with van der Waals surface area (Å²) < 4.78 is 56.0. The Balaban J connectivity index is 2.50. The smallest absolute Gasteiger partial charge is 0.436 e. The molecule has 1 aliphatic rings. The standard InChI is InChI=1S/C12H9F4NO2/c1-2-19-10-4-6-3-9(18)11(12(14,15)16)17-8(6)5-7(10)13/h4-5H,2-3H2,1H3. The highest BCUT2D eigenvalue weighted by atomic mass is 19.4. The third-order valence-electron chi connectivity index (χ3n) is 2.55. The molecule has 0 spiro atoms. The van der Waals surface area contributed by atoms with Crippen molar-refractivity contribution in [2.45, 2.75) is 19.5 Å². The molecule has 19 heavy (non-hydrogen) atoms. The first-order valence-corrected chi connectivity index (χ1v) is 5.47. The summed E-state index contributed by atoms with van der Waals surface area (Å²) in [5.74, 6) is -2.03. The second-order valence-electron chi connectivity index (χ2n) is 3.90. The minimum atomic E-state index is -4.83. The summed E-state index contributed by atoms with van der Waals surface area (Å²) in [5, 5.41) is 0. The molecule has 2 rings (SSSR count). The summed E-state index contributed by atoms with van der Waals surface area (Å²) in [6.45, 7) is 1.85. The highest BCUT2D eigenvalue weighted by Gasteiger charge is 2.42. The number of carbonyl (C=O) groups excluding carboxylic acids is 1. The molecule has 0 saturated heterocycles. The Bertz CT molecular complexity index is 564. The molecule has 102 valence electrons. The van der Waals surface area contributed by atoms with Crippen molar-refractivity contribution in [3.05, 3.63) is 23.5 Å². The van der Waals surface area contributed by atoms with Gasteiger partial charge in [0.15, 0.2) is 23.1 Å². The molecular formula is C12H9F4NO2. The quantitative estimate of drug-likeness (QED) is 0.778. The maximum Gasteiger partial charge on any atom is 0.436 e. The molecule has 0 atom stereocenters. The zero-order chi connectivity index (χ0) is 14.2. The Morgan fingerprint density at radius 2 is 2.05 bits per heavy atom. The molecule has 0 aliphatic carbocycles. The molecule has 0 aromatic heterocycles. The van der Waals surface area contributed by atoms with Crippen LogP contribution in [0.1, 0.15) is 12.5 Å². The van der Waals surface area contributed by atoms with Crippen LogP contribution in [0.25, 0.3) is 0 Å². The van der Waals surface area contributed by atoms with E-state index in [4.69, 9.17) is 4.74 Å². The summed E-state index contributed by atoms with van der Waals surface area (Å²) in [6.07, 6.45) is -5.29. The lowest BCUT2D eigenvalue weighted by Crippen LogP contribution is -2.34. The van der Waals surface area contributed by atoms with Gasteiger partial charge in [0.25, 0.3) is 0 Å². The number of hydrogen-bond acceptors (Lipinski definition) is 3. The molecule has 0 unspecified atom stereocenters. The Hall–Kier alpha value is -1.92. The number of rotatable bonds is 2. The Labute approximate surface area is 105 Å². The number of ketones is 1. The van der Waals surface area contributed by atoms with E-state index in [1.54, 1.807) is 6.92 Å². The number of Topliss-reactive ketones (excluding diaryl/α,β-unsaturated/α-hetero) is 1. The number of hydrogen-bond donors (Lipinski definition) is 0. The topological polar surface area (TPSA) is 38.7 Å². The Kier molecular flexibility index (Phi) is 3.30. The number of halogens is 4. The van der Waals surface area contributed by atoms with Crippen molar-refractivity contribution in [1.29, 1.82) is 0 Å². The molecule has 0 saturated carbocycles. The van der Waals surface area contributed by atoms with Crippen molar-refractivity contribution in [3.63, 3.8) is 0 Å². The van der Waals surface area contributed by atoms with Crippen LogP contribution in [0, 0.1) is 5.82 Å². The third kappa shape index (κ3) is 2.59. The second kappa shape index (κ2) is 4.64. The molecule has 1 heterocycles. The molecule has 0 amide bonds. The van der Waals surface area contributed by atoms with Crippen molar-refractivity contribution in [2.24, 2.45) is 4.99 Å². The first-order chi connectivity index (χ1) is 8.82. The normalized spacial score (nSPS) is 15.0. The summed E-state index contributed by atoms with van der Waals surface area (Å²) in [4.78, 5) is 14.6. The summed E-state index contributed by atoms with van der Waals surface area (Å²) in [5.41, 5.74) is -1.46. The van der Waals surface area contributed by atoms with Crippen LogP contribution in [0.4, 0.5) is 23.2 Å². The number of alkyl halides is 3. The van der Waals surface area contributed by atoms with Crippen LogP contribution in [0.3, 0.4) is 0 Å². The molecule has 1 aliphatic heterocycles. The number of aliphatic imine (C=N–C) groups is 1. The fourth-order valence-electron chi connectivity index (χ4n) is 1.76. The lowest BCUT2D eigenvalue weighted by atomic mass is 9.99. The van der Waals surface area contributed by atoms with Gasteiger partial charge < -0.3 is 4.74 Å². The van der Waals surface area contributed by atoms with Gasteiger partial charge >= 0.3 is 6.18 Å². The lowest BCUT2D eigenvalue weighted by molar-refractivity contribution is -0.116. The van der Waals surface area contributed by atoms with Gasteiger partial charge in [-0.05, 0) is 18.6 Å². The fourth-order valence-corrected chi connectivity index (χ4v) is 1.76. The second-order valence-corrected chi connectivity index (χ2v) is 3.90. The molecule has 0 N–H and O–H groups in total. The van der Waals surface area contributed by atoms with Crippen molar-refractivity contribution in [2.75, 3.05) is 6.61 Å². The molecule has 0 bridgehead atoms. The summed E-state index contributed by atoms with van der Waals surface area (Å²) >= 11 is 0. The number of benzene rings is 1. The molecule has 0 fully saturated rings. The van der Waals surface area contributed by atoms with Gasteiger partial charge in [0.2, 0.25) is 0 Å². The van der Waals surface area contributed by atoms with E-state index in [-0.39, 0.29) is 23.6 Å². The van der Waals surface area contributed by atoms with Gasteiger partial charge in [0.1, 0.15) is 0 Å². The van der Waals surface area contributed by atoms with E-state index in [0.29, 0.717) is 0 Å². The summed E-state index contributed by atoms with van der Waals surface area (Å²) in [7, 11) is 0. The van der Waals surface area contributed by atoms with Gasteiger partial charge in [-0.3, -0.25) is 4.79 Å². The van der Waals surface area contributed by atoms with Crippen molar-refractivity contribution >= 4 is 17.2 Å². The van der Waals surface area contributed by atoms with E-state index < -0.39 is 29.9 Å². The number of nitrogens with zero attached hydrogens (tertiary/aromatic N) is 1. The first-order valence-electron chi connectivity index (χ1n) is 5.47. The maximum absolute atomic E-state index is 13.5. The van der Waals surface area contributed by atoms with E-state index in [1.165, 1.54) is 6.07 Å². The van der Waals surface area contributed by atoms with E-state index in [0.717, 1.165) is 6.07 Å². The van der Waals surface area contributed by atoms with E-state index in [9.17, 15) is 22.4 Å². The molecule has 1 aromatic carbocycles. The summed E-state index contributed by atoms with van der Waals surface area (Å²) in [6, 6.07) is 2.06. The Morgan fingerprint density at radius 3 is 2.63 bits per heavy atom. The van der Waals surface area contributed by atoms with Crippen LogP contribution < -0.4 is 4.74 Å². The maximum atomic E-state index is 13.5. The van der Waals surface area contributed by atoms with Gasteiger partial charge in [-0.15, -0.1) is 0 Å². The van der Waals surface area contributed by atoms with Gasteiger partial charge in [-0.2, -0.15) is 13.2 Å². The fraction of sp³-hybridized carbons (Fsp3) is 0.333. The van der Waals surface area contributed by atoms with Crippen molar-refractivity contribution < 1.29 is 27.1 Å². The third-order valence-corrected chi connectivity index (χ3v) is 2.55. The largest absolute Gasteiger partial charge is 0.491 e. The average Bonchev–Trinajstić information content (AvgIpc) is 2.29. The predicted octanol–water partition coefficient (Wildman–Crippen LogP) is 2.98. The molecule has 7 heteroatoms. The SMILES string of the molecule is CCOc1cc2c(cc1F)N=C(C(F)(F)F)C(=O)C2. The van der Waals surface area contributed by atoms with Gasteiger partial charge in [0.05, 0.1) is 12.3 Å². The predicted molar refractivity (Wildman–Crippen MR) is 59.4 cm³/mol. The molecule has 3 nitrogen and oxygen atoms in total. The van der Waals surface area contributed by atoms with Gasteiger partial charge in [-0.1, -0.05) is 0 Å². The number of carbonyl (C=O) groups is 1. The number of ether oxygens (including phenoxy) is 1. The zero-order valence-electron chi connectivity index (χ0n) is 9.84. The zero-order valence-corrected chi connectivity index (χ0v) is 9.84. The van der Waals surface area contributed by atoms with E-state index >= 15 is 0 Å². The van der Waals surface area contributed by atoms with Crippen LogP contribution in [0.15, 0.2) is 17.1 Å². The molecule has 1 aromatic rings. The lowest BCUT2D eigenvalue weighted by Gasteiger charge is -2.17. The van der Waals surface area contributed by atoms with Gasteiger partial charge in [-0.25, -0.2) is 9.38 Å². The highest BCUT2D eigenvalue weighted by molar-refractivity contribution is 6.43. The van der Waals surface area contributed by atoms with Crippen LogP contribution in [0.2, 0.25) is 0 Å². The minimum Gasteiger partial charge on any atom is -0.491 e. The van der Waals surface area contributed by atoms with Crippen LogP contribution in [-0.4, -0.2) is 24.3 Å². The Morgan fingerprint density at radius 1 is 1.37 bits per heavy atom. The average molecular weight is 275 g/mol. The number of fused-ring (bicyclic) bond motifs is 1. The minimum absolute atomic E-state index is 0.0975. The van der Waals surface area contributed by atoms with Gasteiger partial charge in [0, 0.05) is 12.5 Å². The molecule has 0 radical (unpaired) electrons. The first kappa shape index (κ1) is 13.5. The van der Waals surface area contributed by atoms with E-state index in [1.807, 2.05) is 0 Å². The van der Waals surface area contributed by atoms with Crippen LogP contribution in [-0.2, 0) is 11.2 Å². The van der Waals surface area contributed by atoms with Crippen molar-refractivity contribution in [1.82, 2.24) is 0 Å². The van der Waals surface area contributed by atoms with E-state index in [2.05, 4.69) is 4.99 Å². The van der Waals surface area contributed by atoms with Crippen molar-refractivity contribution in [3.8, 4) is 5.75 Å². The highest BCUT2D eigenvalue weighted by Crippen LogP contribution is 2.34. The van der Waals surface area contributed by atoms with Crippen LogP contribution in [0.5, 0.6) is 5.75 Å². The monoisotopic (exact) mass is 275 g/mol. The van der Waals surface area contributed by atoms with Crippen LogP contribution >= 0.6 is 0 Å². The molecular weight excluding hydrogens is 266 g/mol.